The molecule has 0 amide bonds. The minimum Gasteiger partial charge on any atom is -0.348 e. The fourth-order valence-corrected chi connectivity index (χ4v) is 2.49. The van der Waals surface area contributed by atoms with Crippen LogP contribution in [0.25, 0.3) is 0 Å². The van der Waals surface area contributed by atoms with E-state index >= 15 is 0 Å². The molecule has 2 nitrogen and oxygen atoms in total. The highest BCUT2D eigenvalue weighted by Gasteiger charge is 2.13. The van der Waals surface area contributed by atoms with Crippen LogP contribution in [0.3, 0.4) is 0 Å². The Kier molecular flexibility index (Phi) is 5.37. The second-order valence-corrected chi connectivity index (χ2v) is 6.03. The molecular formula is C17H18ClFN2S. The van der Waals surface area contributed by atoms with Crippen LogP contribution in [-0.4, -0.2) is 17.1 Å². The van der Waals surface area contributed by atoms with Gasteiger partial charge in [0, 0.05) is 29.9 Å². The average molecular weight is 337 g/mol. The van der Waals surface area contributed by atoms with E-state index in [9.17, 15) is 4.39 Å². The van der Waals surface area contributed by atoms with Crippen LogP contribution in [0.2, 0.25) is 5.02 Å². The minimum absolute atomic E-state index is 0.308. The zero-order valence-electron chi connectivity index (χ0n) is 12.8. The molecule has 0 bridgehead atoms. The number of benzene rings is 2. The molecule has 0 radical (unpaired) electrons. The van der Waals surface area contributed by atoms with Gasteiger partial charge in [0.1, 0.15) is 5.82 Å². The van der Waals surface area contributed by atoms with Gasteiger partial charge in [0.25, 0.3) is 0 Å². The van der Waals surface area contributed by atoms with E-state index in [1.807, 2.05) is 39.1 Å². The first-order valence-corrected chi connectivity index (χ1v) is 7.70. The first-order valence-electron chi connectivity index (χ1n) is 6.91. The Labute approximate surface area is 140 Å². The molecule has 0 heterocycles. The summed E-state index contributed by atoms with van der Waals surface area (Å²) in [6, 6.07) is 10.7. The number of nitrogens with zero attached hydrogens (tertiary/aromatic N) is 1. The molecule has 0 saturated carbocycles. The molecule has 0 aromatic heterocycles. The van der Waals surface area contributed by atoms with Gasteiger partial charge >= 0.3 is 0 Å². The fraction of sp³-hybridized carbons (Fsp3) is 0.235. The molecule has 2 aromatic carbocycles. The van der Waals surface area contributed by atoms with Crippen molar-refractivity contribution in [3.8, 4) is 0 Å². The van der Waals surface area contributed by atoms with Crippen LogP contribution in [0, 0.1) is 19.7 Å². The standard InChI is InChI=1S/C17H18ClFN2S/c1-11-6-4-9-16(12(11)2)20-17(22)21(3)10-13-14(18)7-5-8-15(13)19/h4-9H,10H2,1-3H3,(H,20,22). The van der Waals surface area contributed by atoms with Crippen LogP contribution >= 0.6 is 23.8 Å². The number of anilines is 1. The Hall–Kier alpha value is -1.65. The molecule has 1 N–H and O–H groups in total. The van der Waals surface area contributed by atoms with E-state index in [-0.39, 0.29) is 5.82 Å². The third kappa shape index (κ3) is 3.76. The SMILES string of the molecule is Cc1cccc(NC(=S)N(C)Cc2c(F)cccc2Cl)c1C. The first-order chi connectivity index (χ1) is 10.4. The Morgan fingerprint density at radius 1 is 1.23 bits per heavy atom. The summed E-state index contributed by atoms with van der Waals surface area (Å²) in [7, 11) is 1.81. The van der Waals surface area contributed by atoms with Crippen molar-refractivity contribution in [3.63, 3.8) is 0 Å². The summed E-state index contributed by atoms with van der Waals surface area (Å²) in [6.07, 6.45) is 0. The Balaban J connectivity index is 2.11. The first kappa shape index (κ1) is 16.7. The molecule has 0 spiro atoms. The van der Waals surface area contributed by atoms with Gasteiger partial charge in [-0.2, -0.15) is 0 Å². The fourth-order valence-electron chi connectivity index (χ4n) is 2.09. The maximum Gasteiger partial charge on any atom is 0.173 e. The zero-order chi connectivity index (χ0) is 16.3. The summed E-state index contributed by atoms with van der Waals surface area (Å²) in [4.78, 5) is 1.77. The molecule has 116 valence electrons. The molecule has 22 heavy (non-hydrogen) atoms. The highest BCUT2D eigenvalue weighted by molar-refractivity contribution is 7.80. The predicted octanol–water partition coefficient (Wildman–Crippen LogP) is 4.92. The summed E-state index contributed by atoms with van der Waals surface area (Å²) in [5.74, 6) is -0.325. The summed E-state index contributed by atoms with van der Waals surface area (Å²) in [5.41, 5.74) is 3.73. The normalized spacial score (nSPS) is 10.4. The molecule has 2 aromatic rings. The van der Waals surface area contributed by atoms with Crippen LogP contribution in [0.4, 0.5) is 10.1 Å². The highest BCUT2D eigenvalue weighted by Crippen LogP contribution is 2.22. The second-order valence-electron chi connectivity index (χ2n) is 5.23. The van der Waals surface area contributed by atoms with Gasteiger partial charge in [-0.1, -0.05) is 29.8 Å². The zero-order valence-corrected chi connectivity index (χ0v) is 14.4. The van der Waals surface area contributed by atoms with Crippen molar-refractivity contribution < 1.29 is 4.39 Å². The number of thiocarbonyl (C=S) groups is 1. The monoisotopic (exact) mass is 336 g/mol. The van der Waals surface area contributed by atoms with E-state index < -0.39 is 0 Å². The van der Waals surface area contributed by atoms with Gasteiger partial charge in [0.15, 0.2) is 5.11 Å². The number of halogens is 2. The molecule has 0 saturated heterocycles. The maximum absolute atomic E-state index is 13.8. The third-order valence-electron chi connectivity index (χ3n) is 3.65. The maximum atomic E-state index is 13.8. The van der Waals surface area contributed by atoms with Gasteiger partial charge in [-0.05, 0) is 55.4 Å². The highest BCUT2D eigenvalue weighted by atomic mass is 35.5. The molecule has 0 atom stereocenters. The summed E-state index contributed by atoms with van der Waals surface area (Å²) in [6.45, 7) is 4.39. The van der Waals surface area contributed by atoms with Gasteiger partial charge in [0.2, 0.25) is 0 Å². The van der Waals surface area contributed by atoms with Crippen molar-refractivity contribution in [3.05, 3.63) is 63.9 Å². The van der Waals surface area contributed by atoms with E-state index in [2.05, 4.69) is 5.32 Å². The average Bonchev–Trinajstić information content (AvgIpc) is 2.47. The quantitative estimate of drug-likeness (QED) is 0.800. The van der Waals surface area contributed by atoms with E-state index in [4.69, 9.17) is 23.8 Å². The topological polar surface area (TPSA) is 15.3 Å². The Morgan fingerprint density at radius 2 is 1.91 bits per heavy atom. The van der Waals surface area contributed by atoms with Crippen molar-refractivity contribution in [2.24, 2.45) is 0 Å². The molecule has 0 aliphatic carbocycles. The van der Waals surface area contributed by atoms with Crippen LogP contribution < -0.4 is 5.32 Å². The second kappa shape index (κ2) is 7.07. The molecule has 0 fully saturated rings. The smallest absolute Gasteiger partial charge is 0.173 e. The van der Waals surface area contributed by atoms with Crippen molar-refractivity contribution in [2.45, 2.75) is 20.4 Å². The lowest BCUT2D eigenvalue weighted by atomic mass is 10.1. The van der Waals surface area contributed by atoms with Crippen molar-refractivity contribution in [1.82, 2.24) is 4.90 Å². The molecule has 2 rings (SSSR count). The molecule has 0 unspecified atom stereocenters. The number of hydrogen-bond acceptors (Lipinski definition) is 1. The summed E-state index contributed by atoms with van der Waals surface area (Å²) in [5, 5.41) is 4.13. The summed E-state index contributed by atoms with van der Waals surface area (Å²) < 4.78 is 13.8. The Bertz CT molecular complexity index is 683. The third-order valence-corrected chi connectivity index (χ3v) is 4.42. The van der Waals surface area contributed by atoms with Gasteiger partial charge in [0.05, 0.1) is 0 Å². The van der Waals surface area contributed by atoms with Crippen LogP contribution in [0.1, 0.15) is 16.7 Å². The van der Waals surface area contributed by atoms with E-state index in [0.717, 1.165) is 11.3 Å². The molecule has 0 aliphatic rings. The van der Waals surface area contributed by atoms with E-state index in [0.29, 0.717) is 22.2 Å². The molecular weight excluding hydrogens is 319 g/mol. The lowest BCUT2D eigenvalue weighted by molar-refractivity contribution is 0.486. The minimum atomic E-state index is -0.325. The number of rotatable bonds is 3. The van der Waals surface area contributed by atoms with Crippen molar-refractivity contribution in [2.75, 3.05) is 12.4 Å². The van der Waals surface area contributed by atoms with Crippen LogP contribution in [-0.2, 0) is 6.54 Å². The largest absolute Gasteiger partial charge is 0.348 e. The number of nitrogens with one attached hydrogen (secondary N) is 1. The van der Waals surface area contributed by atoms with Crippen molar-refractivity contribution in [1.29, 1.82) is 0 Å². The lowest BCUT2D eigenvalue weighted by Gasteiger charge is -2.23. The van der Waals surface area contributed by atoms with Gasteiger partial charge in [-0.25, -0.2) is 4.39 Å². The van der Waals surface area contributed by atoms with Gasteiger partial charge in [-0.3, -0.25) is 0 Å². The predicted molar refractivity (Wildman–Crippen MR) is 95.0 cm³/mol. The van der Waals surface area contributed by atoms with Gasteiger partial charge < -0.3 is 10.2 Å². The lowest BCUT2D eigenvalue weighted by Crippen LogP contribution is -2.31. The van der Waals surface area contributed by atoms with E-state index in [1.165, 1.54) is 11.6 Å². The van der Waals surface area contributed by atoms with E-state index in [1.54, 1.807) is 17.0 Å². The number of hydrogen-bond donors (Lipinski definition) is 1. The number of aryl methyl sites for hydroxylation is 1. The molecule has 5 heteroatoms. The van der Waals surface area contributed by atoms with Crippen LogP contribution in [0.5, 0.6) is 0 Å². The molecule has 0 aliphatic heterocycles. The van der Waals surface area contributed by atoms with Gasteiger partial charge in [-0.15, -0.1) is 0 Å². The van der Waals surface area contributed by atoms with Crippen LogP contribution in [0.15, 0.2) is 36.4 Å². The summed E-state index contributed by atoms with van der Waals surface area (Å²) >= 11 is 11.5. The Morgan fingerprint density at radius 3 is 2.59 bits per heavy atom. The van der Waals surface area contributed by atoms with Crippen molar-refractivity contribution >= 4 is 34.6 Å².